The van der Waals surface area contributed by atoms with Gasteiger partial charge in [-0.1, -0.05) is 23.8 Å². The topological polar surface area (TPSA) is 110 Å². The quantitative estimate of drug-likeness (QED) is 0.528. The van der Waals surface area contributed by atoms with Crippen LogP contribution < -0.4 is 14.8 Å². The molecule has 1 atom stereocenters. The number of carbonyl (C=O) groups excluding carboxylic acids is 3. The Balaban J connectivity index is 1.21. The van der Waals surface area contributed by atoms with Crippen molar-refractivity contribution in [3.8, 4) is 11.5 Å². The number of nitrogens with zero attached hydrogens (tertiary/aromatic N) is 3. The van der Waals surface area contributed by atoms with Crippen molar-refractivity contribution in [3.05, 3.63) is 89.2 Å². The first kappa shape index (κ1) is 25.8. The Hall–Kier alpha value is -4.44. The zero-order chi connectivity index (χ0) is 27.7. The molecular weight excluding hydrogens is 512 g/mol. The number of likely N-dealkylation sites (tertiary alicyclic amines) is 1. The molecule has 2 aromatic carbocycles. The van der Waals surface area contributed by atoms with Crippen LogP contribution in [0.5, 0.6) is 11.5 Å². The van der Waals surface area contributed by atoms with Crippen molar-refractivity contribution in [2.45, 2.75) is 38.1 Å². The highest BCUT2D eigenvalue weighted by molar-refractivity contribution is 5.99. The zero-order valence-electron chi connectivity index (χ0n) is 22.2. The van der Waals surface area contributed by atoms with E-state index in [0.29, 0.717) is 55.1 Å². The van der Waals surface area contributed by atoms with Crippen LogP contribution in [0, 0.1) is 6.92 Å². The number of ether oxygens (including phenoxy) is 3. The van der Waals surface area contributed by atoms with Crippen molar-refractivity contribution >= 4 is 17.7 Å². The number of pyridine rings is 1. The number of hydrogen-bond donors (Lipinski definition) is 1. The van der Waals surface area contributed by atoms with Crippen LogP contribution in [0.2, 0.25) is 0 Å². The fourth-order valence-corrected chi connectivity index (χ4v) is 5.48. The molecule has 3 amide bonds. The van der Waals surface area contributed by atoms with E-state index in [-0.39, 0.29) is 31.1 Å². The molecule has 2 saturated heterocycles. The van der Waals surface area contributed by atoms with Crippen LogP contribution in [-0.4, -0.2) is 70.8 Å². The normalized spacial score (nSPS) is 19.1. The molecule has 206 valence electrons. The molecule has 3 aliphatic rings. The van der Waals surface area contributed by atoms with E-state index in [0.717, 1.165) is 11.1 Å². The monoisotopic (exact) mass is 542 g/mol. The van der Waals surface area contributed by atoms with Gasteiger partial charge in [-0.15, -0.1) is 0 Å². The molecule has 10 heteroatoms. The van der Waals surface area contributed by atoms with E-state index in [4.69, 9.17) is 14.2 Å². The highest BCUT2D eigenvalue weighted by Crippen LogP contribution is 2.39. The smallest absolute Gasteiger partial charge is 0.256 e. The lowest BCUT2D eigenvalue weighted by Crippen LogP contribution is -2.59. The van der Waals surface area contributed by atoms with Crippen LogP contribution >= 0.6 is 0 Å². The first-order valence-electron chi connectivity index (χ1n) is 13.3. The maximum Gasteiger partial charge on any atom is 0.256 e. The molecular formula is C30H30N4O6. The van der Waals surface area contributed by atoms with E-state index in [1.165, 1.54) is 0 Å². The molecule has 4 heterocycles. The summed E-state index contributed by atoms with van der Waals surface area (Å²) in [6.45, 7) is 3.20. The number of amides is 3. The molecule has 0 saturated carbocycles. The van der Waals surface area contributed by atoms with Crippen LogP contribution in [0.1, 0.15) is 44.7 Å². The van der Waals surface area contributed by atoms with Crippen molar-refractivity contribution in [2.75, 3.05) is 26.5 Å². The maximum absolute atomic E-state index is 13.9. The van der Waals surface area contributed by atoms with Crippen molar-refractivity contribution in [1.82, 2.24) is 20.1 Å². The van der Waals surface area contributed by atoms with Gasteiger partial charge >= 0.3 is 0 Å². The predicted molar refractivity (Wildman–Crippen MR) is 144 cm³/mol. The largest absolute Gasteiger partial charge is 0.454 e. The molecule has 1 N–H and O–H groups in total. The Morgan fingerprint density at radius 1 is 0.975 bits per heavy atom. The van der Waals surface area contributed by atoms with E-state index >= 15 is 0 Å². The van der Waals surface area contributed by atoms with Gasteiger partial charge in [0.25, 0.3) is 11.8 Å². The second-order valence-corrected chi connectivity index (χ2v) is 10.3. The van der Waals surface area contributed by atoms with Gasteiger partial charge in [-0.2, -0.15) is 0 Å². The number of nitrogens with one attached hydrogen (secondary N) is 1. The fourth-order valence-electron chi connectivity index (χ4n) is 5.48. The number of hydrogen-bond acceptors (Lipinski definition) is 7. The van der Waals surface area contributed by atoms with Gasteiger partial charge in [0, 0.05) is 56.0 Å². The van der Waals surface area contributed by atoms with E-state index in [1.54, 1.807) is 58.6 Å². The molecule has 0 radical (unpaired) electrons. The summed E-state index contributed by atoms with van der Waals surface area (Å²) in [5.41, 5.74) is 1.89. The van der Waals surface area contributed by atoms with Crippen LogP contribution in [-0.2, 0) is 16.1 Å². The summed E-state index contributed by atoms with van der Waals surface area (Å²) < 4.78 is 17.1. The van der Waals surface area contributed by atoms with E-state index in [2.05, 4.69) is 10.3 Å². The lowest BCUT2D eigenvalue weighted by molar-refractivity contribution is -0.128. The van der Waals surface area contributed by atoms with Crippen molar-refractivity contribution in [2.24, 2.45) is 0 Å². The number of aromatic nitrogens is 1. The number of benzene rings is 2. The second kappa shape index (κ2) is 10.6. The molecule has 1 aromatic heterocycles. The van der Waals surface area contributed by atoms with Crippen LogP contribution in [0.15, 0.2) is 67.0 Å². The minimum atomic E-state index is -0.996. The summed E-state index contributed by atoms with van der Waals surface area (Å²) in [5.74, 6) is 0.475. The predicted octanol–water partition coefficient (Wildman–Crippen LogP) is 2.91. The lowest BCUT2D eigenvalue weighted by Gasteiger charge is -2.44. The number of aryl methyl sites for hydroxylation is 1. The second-order valence-electron chi connectivity index (χ2n) is 10.3. The first-order valence-corrected chi connectivity index (χ1v) is 13.3. The van der Waals surface area contributed by atoms with Crippen molar-refractivity contribution < 1.29 is 28.6 Å². The molecule has 1 unspecified atom stereocenters. The highest BCUT2D eigenvalue weighted by atomic mass is 16.7. The van der Waals surface area contributed by atoms with Gasteiger partial charge < -0.3 is 24.4 Å². The van der Waals surface area contributed by atoms with Gasteiger partial charge in [-0.05, 0) is 48.9 Å². The van der Waals surface area contributed by atoms with Gasteiger partial charge in [0.15, 0.2) is 11.5 Å². The number of fused-ring (bicyclic) bond motifs is 1. The van der Waals surface area contributed by atoms with Gasteiger partial charge in [0.2, 0.25) is 12.7 Å². The van der Waals surface area contributed by atoms with Crippen LogP contribution in [0.4, 0.5) is 0 Å². The van der Waals surface area contributed by atoms with Gasteiger partial charge in [0.05, 0.1) is 6.61 Å². The van der Waals surface area contributed by atoms with Crippen molar-refractivity contribution in [3.63, 3.8) is 0 Å². The fraction of sp³-hybridized carbons (Fsp3) is 0.333. The lowest BCUT2D eigenvalue weighted by atomic mass is 9.96. The maximum atomic E-state index is 13.9. The number of rotatable bonds is 5. The third-order valence-corrected chi connectivity index (χ3v) is 7.72. The molecule has 0 bridgehead atoms. The minimum absolute atomic E-state index is 0.0760. The van der Waals surface area contributed by atoms with Gasteiger partial charge in [-0.3, -0.25) is 24.3 Å². The molecule has 2 fully saturated rings. The standard InChI is InChI=1S/C30H30N4O6/c1-20-4-6-22(7-5-20)29(37)34-24(27(35)32-17-21-3-2-12-31-16-21)18-40-30(34)10-13-33(14-11-30)28(36)23-8-9-25-26(15-23)39-19-38-25/h2-9,12,15-16,24H,10-11,13-14,17-19H2,1H3,(H,32,35). The molecule has 6 rings (SSSR count). The van der Waals surface area contributed by atoms with Gasteiger partial charge in [0.1, 0.15) is 11.8 Å². The summed E-state index contributed by atoms with van der Waals surface area (Å²) in [4.78, 5) is 48.1. The number of piperidine rings is 1. The Bertz CT molecular complexity index is 1420. The third-order valence-electron chi connectivity index (χ3n) is 7.72. The minimum Gasteiger partial charge on any atom is -0.454 e. The first-order chi connectivity index (χ1) is 19.4. The van der Waals surface area contributed by atoms with Crippen LogP contribution in [0.25, 0.3) is 0 Å². The summed E-state index contributed by atoms with van der Waals surface area (Å²) in [5, 5.41) is 2.94. The Kier molecular flexibility index (Phi) is 6.85. The SMILES string of the molecule is Cc1ccc(C(=O)N2C(C(=O)NCc3cccnc3)COC23CCN(C(=O)c2ccc4c(c2)OCO4)CC3)cc1. The summed E-state index contributed by atoms with van der Waals surface area (Å²) in [6, 6.07) is 15.3. The zero-order valence-corrected chi connectivity index (χ0v) is 22.2. The van der Waals surface area contributed by atoms with E-state index in [9.17, 15) is 14.4 Å². The molecule has 3 aromatic rings. The molecule has 1 spiro atoms. The van der Waals surface area contributed by atoms with Crippen molar-refractivity contribution in [1.29, 1.82) is 0 Å². The van der Waals surface area contributed by atoms with E-state index in [1.807, 2.05) is 25.1 Å². The molecule has 10 nitrogen and oxygen atoms in total. The summed E-state index contributed by atoms with van der Waals surface area (Å²) in [6.07, 6.45) is 4.13. The molecule has 40 heavy (non-hydrogen) atoms. The summed E-state index contributed by atoms with van der Waals surface area (Å²) >= 11 is 0. The third kappa shape index (κ3) is 4.86. The Labute approximate surface area is 231 Å². The Morgan fingerprint density at radius 3 is 2.48 bits per heavy atom. The van der Waals surface area contributed by atoms with Crippen LogP contribution in [0.3, 0.4) is 0 Å². The average molecular weight is 543 g/mol. The molecule has 0 aliphatic carbocycles. The summed E-state index contributed by atoms with van der Waals surface area (Å²) in [7, 11) is 0. The van der Waals surface area contributed by atoms with E-state index < -0.39 is 11.8 Å². The number of carbonyl (C=O) groups is 3. The average Bonchev–Trinajstić information content (AvgIpc) is 3.61. The highest BCUT2D eigenvalue weighted by Gasteiger charge is 2.54. The van der Waals surface area contributed by atoms with Gasteiger partial charge in [-0.25, -0.2) is 0 Å². The Morgan fingerprint density at radius 2 is 1.73 bits per heavy atom. The molecule has 3 aliphatic heterocycles.